The number of nitrogens with zero attached hydrogens (tertiary/aromatic N) is 2. The quantitative estimate of drug-likeness (QED) is 0.777. The van der Waals surface area contributed by atoms with Gasteiger partial charge in [-0.15, -0.1) is 0 Å². The first kappa shape index (κ1) is 12.4. The van der Waals surface area contributed by atoms with Crippen LogP contribution in [0.2, 0.25) is 0 Å². The molecule has 0 atom stereocenters. The fourth-order valence-corrected chi connectivity index (χ4v) is 1.85. The van der Waals surface area contributed by atoms with Crippen LogP contribution >= 0.6 is 0 Å². The summed E-state index contributed by atoms with van der Waals surface area (Å²) in [6, 6.07) is 9.83. The van der Waals surface area contributed by atoms with Crippen LogP contribution in [0, 0.1) is 0 Å². The van der Waals surface area contributed by atoms with Crippen molar-refractivity contribution in [2.75, 3.05) is 14.2 Å². The lowest BCUT2D eigenvalue weighted by molar-refractivity contribution is -0.0756. The van der Waals surface area contributed by atoms with Crippen LogP contribution in [0.3, 0.4) is 0 Å². The first-order valence-corrected chi connectivity index (χ1v) is 5.67. The van der Waals surface area contributed by atoms with E-state index in [4.69, 9.17) is 4.84 Å². The van der Waals surface area contributed by atoms with Crippen LogP contribution in [0.15, 0.2) is 42.7 Å². The summed E-state index contributed by atoms with van der Waals surface area (Å²) in [5.74, 6) is -0.156. The minimum absolute atomic E-state index is 0.156. The van der Waals surface area contributed by atoms with Crippen LogP contribution in [0.4, 0.5) is 0 Å². The van der Waals surface area contributed by atoms with Gasteiger partial charge in [-0.25, -0.2) is 5.06 Å². The Morgan fingerprint density at radius 1 is 1.22 bits per heavy atom. The molecule has 0 fully saturated rings. The van der Waals surface area contributed by atoms with Gasteiger partial charge < -0.3 is 4.57 Å². The second kappa shape index (κ2) is 5.06. The predicted molar refractivity (Wildman–Crippen MR) is 70.0 cm³/mol. The third-order valence-corrected chi connectivity index (χ3v) is 2.83. The van der Waals surface area contributed by atoms with E-state index >= 15 is 0 Å². The molecule has 0 N–H and O–H groups in total. The van der Waals surface area contributed by atoms with Crippen LogP contribution in [-0.4, -0.2) is 29.7 Å². The zero-order valence-corrected chi connectivity index (χ0v) is 10.8. The number of aromatic nitrogens is 1. The van der Waals surface area contributed by atoms with Gasteiger partial charge in [0, 0.05) is 32.1 Å². The molecule has 2 rings (SSSR count). The van der Waals surface area contributed by atoms with E-state index in [9.17, 15) is 4.79 Å². The van der Waals surface area contributed by atoms with Crippen molar-refractivity contribution in [3.05, 3.63) is 48.3 Å². The highest BCUT2D eigenvalue weighted by atomic mass is 16.7. The number of hydroxylamine groups is 2. The van der Waals surface area contributed by atoms with Crippen molar-refractivity contribution < 1.29 is 9.63 Å². The molecular formula is C14H16N2O2. The molecule has 1 amide bonds. The van der Waals surface area contributed by atoms with Crippen LogP contribution in [0.25, 0.3) is 11.1 Å². The van der Waals surface area contributed by atoms with E-state index in [1.807, 2.05) is 48.1 Å². The van der Waals surface area contributed by atoms with Crippen molar-refractivity contribution in [1.29, 1.82) is 0 Å². The van der Waals surface area contributed by atoms with Crippen molar-refractivity contribution in [2.24, 2.45) is 7.05 Å². The predicted octanol–water partition coefficient (Wildman–Crippen LogP) is 2.33. The average molecular weight is 244 g/mol. The van der Waals surface area contributed by atoms with Crippen molar-refractivity contribution in [3.63, 3.8) is 0 Å². The minimum Gasteiger partial charge on any atom is -0.356 e. The van der Waals surface area contributed by atoms with Gasteiger partial charge in [-0.2, -0.15) is 0 Å². The lowest BCUT2D eigenvalue weighted by Gasteiger charge is -2.13. The summed E-state index contributed by atoms with van der Waals surface area (Å²) in [6.45, 7) is 0. The Hall–Kier alpha value is -2.07. The molecule has 0 saturated carbocycles. The van der Waals surface area contributed by atoms with Gasteiger partial charge >= 0.3 is 0 Å². The second-order valence-electron chi connectivity index (χ2n) is 4.10. The maximum absolute atomic E-state index is 12.2. The number of carbonyl (C=O) groups is 1. The van der Waals surface area contributed by atoms with Gasteiger partial charge in [0.1, 0.15) is 0 Å². The molecule has 18 heavy (non-hydrogen) atoms. The summed E-state index contributed by atoms with van der Waals surface area (Å²) in [5, 5.41) is 1.22. The number of aryl methyl sites for hydroxylation is 1. The fraction of sp³-hybridized carbons (Fsp3) is 0.214. The number of benzene rings is 1. The van der Waals surface area contributed by atoms with Gasteiger partial charge in [0.15, 0.2) is 0 Å². The fourth-order valence-electron chi connectivity index (χ4n) is 1.85. The number of hydrogen-bond acceptors (Lipinski definition) is 2. The van der Waals surface area contributed by atoms with Crippen LogP contribution in [-0.2, 0) is 11.9 Å². The number of hydrogen-bond donors (Lipinski definition) is 0. The summed E-state index contributed by atoms with van der Waals surface area (Å²) in [4.78, 5) is 17.1. The Balaban J connectivity index is 2.47. The molecule has 4 nitrogen and oxygen atoms in total. The van der Waals surface area contributed by atoms with E-state index in [0.717, 1.165) is 11.1 Å². The number of carbonyl (C=O) groups excluding carboxylic acids is 1. The number of rotatable bonds is 3. The molecule has 0 aliphatic carbocycles. The largest absolute Gasteiger partial charge is 0.356 e. The van der Waals surface area contributed by atoms with E-state index in [2.05, 4.69) is 0 Å². The topological polar surface area (TPSA) is 34.5 Å². The standard InChI is InChI=1S/C14H16N2O2/c1-15-9-12(11-7-5-4-6-8-11)13(10-15)14(17)16(2)18-3/h4-10H,1-3H3. The maximum atomic E-state index is 12.2. The van der Waals surface area contributed by atoms with Gasteiger partial charge in [0.05, 0.1) is 12.7 Å². The molecule has 0 saturated heterocycles. The summed E-state index contributed by atoms with van der Waals surface area (Å²) in [5.41, 5.74) is 2.56. The molecule has 0 aliphatic heterocycles. The molecular weight excluding hydrogens is 228 g/mol. The summed E-state index contributed by atoms with van der Waals surface area (Å²) >= 11 is 0. The highest BCUT2D eigenvalue weighted by Crippen LogP contribution is 2.25. The molecule has 4 heteroatoms. The average Bonchev–Trinajstić information content (AvgIpc) is 2.80. The van der Waals surface area contributed by atoms with Gasteiger partial charge in [-0.05, 0) is 5.56 Å². The van der Waals surface area contributed by atoms with E-state index in [-0.39, 0.29) is 5.91 Å². The third-order valence-electron chi connectivity index (χ3n) is 2.83. The lowest BCUT2D eigenvalue weighted by Crippen LogP contribution is -2.25. The molecule has 1 heterocycles. The van der Waals surface area contributed by atoms with Crippen molar-refractivity contribution in [3.8, 4) is 11.1 Å². The Morgan fingerprint density at radius 3 is 2.50 bits per heavy atom. The van der Waals surface area contributed by atoms with Crippen molar-refractivity contribution >= 4 is 5.91 Å². The molecule has 2 aromatic rings. The van der Waals surface area contributed by atoms with Crippen molar-refractivity contribution in [1.82, 2.24) is 9.63 Å². The molecule has 1 aromatic heterocycles. The molecule has 94 valence electrons. The van der Waals surface area contributed by atoms with E-state index < -0.39 is 0 Å². The lowest BCUT2D eigenvalue weighted by atomic mass is 10.0. The van der Waals surface area contributed by atoms with Gasteiger partial charge in [0.25, 0.3) is 5.91 Å². The SMILES string of the molecule is CON(C)C(=O)c1cn(C)cc1-c1ccccc1. The molecule has 1 aromatic carbocycles. The van der Waals surface area contributed by atoms with E-state index in [1.165, 1.54) is 12.2 Å². The molecule has 0 radical (unpaired) electrons. The van der Waals surface area contributed by atoms with Crippen molar-refractivity contribution in [2.45, 2.75) is 0 Å². The van der Waals surface area contributed by atoms with Crippen LogP contribution < -0.4 is 0 Å². The Labute approximate surface area is 106 Å². The molecule has 0 aliphatic rings. The number of amides is 1. The van der Waals surface area contributed by atoms with Crippen LogP contribution in [0.5, 0.6) is 0 Å². The minimum atomic E-state index is -0.156. The highest BCUT2D eigenvalue weighted by molar-refractivity contribution is 6.00. The van der Waals surface area contributed by atoms with Gasteiger partial charge in [-0.1, -0.05) is 30.3 Å². The van der Waals surface area contributed by atoms with E-state index in [0.29, 0.717) is 5.56 Å². The summed E-state index contributed by atoms with van der Waals surface area (Å²) in [6.07, 6.45) is 3.74. The third kappa shape index (κ3) is 2.28. The monoisotopic (exact) mass is 244 g/mol. The molecule has 0 bridgehead atoms. The Bertz CT molecular complexity index is 546. The molecule has 0 spiro atoms. The van der Waals surface area contributed by atoms with Gasteiger partial charge in [-0.3, -0.25) is 9.63 Å². The summed E-state index contributed by atoms with van der Waals surface area (Å²) in [7, 11) is 4.98. The van der Waals surface area contributed by atoms with E-state index in [1.54, 1.807) is 13.2 Å². The Morgan fingerprint density at radius 2 is 1.89 bits per heavy atom. The zero-order chi connectivity index (χ0) is 13.1. The summed E-state index contributed by atoms with van der Waals surface area (Å²) < 4.78 is 1.87. The van der Waals surface area contributed by atoms with Gasteiger partial charge in [0.2, 0.25) is 0 Å². The van der Waals surface area contributed by atoms with Crippen LogP contribution in [0.1, 0.15) is 10.4 Å². The second-order valence-corrected chi connectivity index (χ2v) is 4.10. The zero-order valence-electron chi connectivity index (χ0n) is 10.8. The smallest absolute Gasteiger partial charge is 0.279 e. The highest BCUT2D eigenvalue weighted by Gasteiger charge is 2.18. The first-order valence-electron chi connectivity index (χ1n) is 5.67. The molecule has 0 unspecified atom stereocenters. The maximum Gasteiger partial charge on any atom is 0.279 e. The Kier molecular flexibility index (Phi) is 3.48. The normalized spacial score (nSPS) is 10.4. The first-order chi connectivity index (χ1) is 8.63.